The maximum Gasteiger partial charge on any atom is 0.163 e. The highest BCUT2D eigenvalue weighted by Crippen LogP contribution is 2.51. The number of aliphatic hydroxyl groups is 1. The Balaban J connectivity index is 2.56. The van der Waals surface area contributed by atoms with E-state index >= 15 is 0 Å². The Morgan fingerprint density at radius 1 is 1.23 bits per heavy atom. The molecule has 1 aromatic carbocycles. The predicted octanol–water partition coefficient (Wildman–Crippen LogP) is 1.84. The molecule has 0 aliphatic heterocycles. The van der Waals surface area contributed by atoms with E-state index in [-0.39, 0.29) is 11.5 Å². The summed E-state index contributed by atoms with van der Waals surface area (Å²) in [4.78, 5) is 0. The molecule has 2 rings (SSSR count). The van der Waals surface area contributed by atoms with Crippen molar-refractivity contribution in [3.8, 4) is 11.5 Å². The lowest BCUT2D eigenvalue weighted by molar-refractivity contribution is 0.147. The minimum absolute atomic E-state index is 0.204. The van der Waals surface area contributed by atoms with E-state index in [4.69, 9.17) is 0 Å². The van der Waals surface area contributed by atoms with Crippen LogP contribution in [0.1, 0.15) is 18.4 Å². The van der Waals surface area contributed by atoms with Crippen molar-refractivity contribution in [1.29, 1.82) is 0 Å². The van der Waals surface area contributed by atoms with Crippen molar-refractivity contribution >= 4 is 15.9 Å². The van der Waals surface area contributed by atoms with E-state index in [1.807, 2.05) is 0 Å². The Morgan fingerprint density at radius 2 is 1.85 bits per heavy atom. The number of benzene rings is 1. The maximum atomic E-state index is 9.74. The average Bonchev–Trinajstić information content (AvgIpc) is 2.77. The van der Waals surface area contributed by atoms with Gasteiger partial charge in [0.25, 0.3) is 0 Å². The van der Waals surface area contributed by atoms with Crippen molar-refractivity contribution in [1.82, 2.24) is 0 Å². The third kappa shape index (κ3) is 1.40. The second-order valence-corrected chi connectivity index (χ2v) is 4.27. The molecule has 1 fully saturated rings. The number of phenols is 2. The highest BCUT2D eigenvalue weighted by atomic mass is 79.9. The van der Waals surface area contributed by atoms with Gasteiger partial charge in [-0.15, -0.1) is 0 Å². The molecule has 1 aliphatic carbocycles. The Morgan fingerprint density at radius 3 is 2.38 bits per heavy atom. The molecule has 3 N–H and O–H groups in total. The summed E-state index contributed by atoms with van der Waals surface area (Å²) in [6.07, 6.45) is 1.27. The van der Waals surface area contributed by atoms with Crippen LogP contribution in [0.15, 0.2) is 16.6 Å². The third-order valence-electron chi connectivity index (χ3n) is 2.28. The minimum atomic E-state index is -0.925. The van der Waals surface area contributed by atoms with Crippen LogP contribution in [-0.4, -0.2) is 15.3 Å². The molecule has 0 aromatic heterocycles. The predicted molar refractivity (Wildman–Crippen MR) is 50.6 cm³/mol. The fourth-order valence-corrected chi connectivity index (χ4v) is 1.77. The highest BCUT2D eigenvalue weighted by Gasteiger charge is 2.44. The average molecular weight is 245 g/mol. The van der Waals surface area contributed by atoms with E-state index in [1.165, 1.54) is 6.07 Å². The number of hydrogen-bond donors (Lipinski definition) is 3. The van der Waals surface area contributed by atoms with Crippen LogP contribution in [0.5, 0.6) is 11.5 Å². The lowest BCUT2D eigenvalue weighted by Crippen LogP contribution is -2.04. The van der Waals surface area contributed by atoms with Crippen molar-refractivity contribution in [2.75, 3.05) is 0 Å². The van der Waals surface area contributed by atoms with Crippen molar-refractivity contribution in [2.45, 2.75) is 18.4 Å². The van der Waals surface area contributed by atoms with Gasteiger partial charge in [-0.3, -0.25) is 0 Å². The van der Waals surface area contributed by atoms with Gasteiger partial charge in [-0.25, -0.2) is 0 Å². The molecule has 3 nitrogen and oxygen atoms in total. The summed E-state index contributed by atoms with van der Waals surface area (Å²) in [7, 11) is 0. The first kappa shape index (κ1) is 8.84. The van der Waals surface area contributed by atoms with E-state index in [9.17, 15) is 15.3 Å². The van der Waals surface area contributed by atoms with E-state index in [1.54, 1.807) is 6.07 Å². The highest BCUT2D eigenvalue weighted by molar-refractivity contribution is 9.10. The Kier molecular flexibility index (Phi) is 1.78. The fourth-order valence-electron chi connectivity index (χ4n) is 1.33. The monoisotopic (exact) mass is 244 g/mol. The number of rotatable bonds is 1. The zero-order chi connectivity index (χ0) is 9.64. The number of phenolic OH excluding ortho intramolecular Hbond substituents is 2. The summed E-state index contributed by atoms with van der Waals surface area (Å²) in [5.41, 5.74) is -0.523. The molecular formula is C9H9BrO3. The van der Waals surface area contributed by atoms with Crippen LogP contribution < -0.4 is 0 Å². The van der Waals surface area contributed by atoms with Gasteiger partial charge in [-0.1, -0.05) is 15.9 Å². The Bertz CT molecular complexity index is 358. The molecule has 13 heavy (non-hydrogen) atoms. The topological polar surface area (TPSA) is 60.7 Å². The molecule has 0 atom stereocenters. The van der Waals surface area contributed by atoms with Crippen LogP contribution in [0.3, 0.4) is 0 Å². The smallest absolute Gasteiger partial charge is 0.163 e. The normalized spacial score (nSPS) is 18.6. The molecular weight excluding hydrogens is 236 g/mol. The molecule has 1 aromatic rings. The largest absolute Gasteiger partial charge is 0.504 e. The second kappa shape index (κ2) is 2.62. The first-order valence-electron chi connectivity index (χ1n) is 3.97. The zero-order valence-electron chi connectivity index (χ0n) is 6.79. The van der Waals surface area contributed by atoms with Crippen molar-refractivity contribution in [2.24, 2.45) is 0 Å². The van der Waals surface area contributed by atoms with Gasteiger partial charge < -0.3 is 15.3 Å². The fraction of sp³-hybridized carbons (Fsp3) is 0.333. The van der Waals surface area contributed by atoms with Crippen LogP contribution in [0, 0.1) is 0 Å². The summed E-state index contributed by atoms with van der Waals surface area (Å²) in [6.45, 7) is 0. The Hall–Kier alpha value is -0.740. The first-order valence-corrected chi connectivity index (χ1v) is 4.76. The molecule has 0 unspecified atom stereocenters. The van der Waals surface area contributed by atoms with Gasteiger partial charge in [0.05, 0.1) is 5.60 Å². The van der Waals surface area contributed by atoms with Gasteiger partial charge in [0.2, 0.25) is 0 Å². The molecule has 0 bridgehead atoms. The minimum Gasteiger partial charge on any atom is -0.504 e. The maximum absolute atomic E-state index is 9.74. The van der Waals surface area contributed by atoms with Crippen LogP contribution in [0.2, 0.25) is 0 Å². The van der Waals surface area contributed by atoms with Gasteiger partial charge in [-0.2, -0.15) is 0 Å². The van der Waals surface area contributed by atoms with Crippen molar-refractivity contribution in [3.63, 3.8) is 0 Å². The lowest BCUT2D eigenvalue weighted by Gasteiger charge is -2.11. The van der Waals surface area contributed by atoms with E-state index in [0.717, 1.165) is 0 Å². The molecule has 0 saturated heterocycles. The number of aromatic hydroxyl groups is 2. The van der Waals surface area contributed by atoms with Crippen LogP contribution >= 0.6 is 15.9 Å². The number of hydrogen-bond acceptors (Lipinski definition) is 3. The summed E-state index contributed by atoms with van der Waals surface area (Å²) in [5.74, 6) is -0.423. The SMILES string of the molecule is Oc1cc(Br)cc(C2(O)CC2)c1O. The quantitative estimate of drug-likeness (QED) is 0.661. The molecule has 4 heteroatoms. The van der Waals surface area contributed by atoms with Crippen LogP contribution in [0.25, 0.3) is 0 Å². The van der Waals surface area contributed by atoms with E-state index < -0.39 is 5.60 Å². The van der Waals surface area contributed by atoms with E-state index in [2.05, 4.69) is 15.9 Å². The molecule has 1 saturated carbocycles. The van der Waals surface area contributed by atoms with Crippen LogP contribution in [0.4, 0.5) is 0 Å². The van der Waals surface area contributed by atoms with Crippen molar-refractivity contribution < 1.29 is 15.3 Å². The van der Waals surface area contributed by atoms with Gasteiger partial charge in [0.1, 0.15) is 0 Å². The third-order valence-corrected chi connectivity index (χ3v) is 2.74. The molecule has 0 spiro atoms. The van der Waals surface area contributed by atoms with E-state index in [0.29, 0.717) is 22.9 Å². The lowest BCUT2D eigenvalue weighted by atomic mass is 10.1. The van der Waals surface area contributed by atoms with Gasteiger partial charge in [-0.05, 0) is 25.0 Å². The van der Waals surface area contributed by atoms with Gasteiger partial charge in [0.15, 0.2) is 11.5 Å². The van der Waals surface area contributed by atoms with Crippen LogP contribution in [-0.2, 0) is 5.60 Å². The second-order valence-electron chi connectivity index (χ2n) is 3.35. The standard InChI is InChI=1S/C9H9BrO3/c10-5-3-6(9(13)1-2-9)8(12)7(11)4-5/h3-4,11-13H,1-2H2. The Labute approximate surface area is 83.8 Å². The molecule has 0 radical (unpaired) electrons. The molecule has 70 valence electrons. The molecule has 0 amide bonds. The van der Waals surface area contributed by atoms with Gasteiger partial charge >= 0.3 is 0 Å². The first-order chi connectivity index (χ1) is 6.03. The molecule has 0 heterocycles. The summed E-state index contributed by atoms with van der Waals surface area (Å²) >= 11 is 3.19. The van der Waals surface area contributed by atoms with Gasteiger partial charge in [0, 0.05) is 10.0 Å². The molecule has 1 aliphatic rings. The summed E-state index contributed by atoms with van der Waals surface area (Å²) in [6, 6.07) is 3.02. The zero-order valence-corrected chi connectivity index (χ0v) is 8.37. The summed E-state index contributed by atoms with van der Waals surface area (Å²) < 4.78 is 0.651. The van der Waals surface area contributed by atoms with Crippen molar-refractivity contribution in [3.05, 3.63) is 22.2 Å². The number of halogens is 1. The summed E-state index contributed by atoms with van der Waals surface area (Å²) in [5, 5.41) is 28.5.